The number of nitrogens with two attached hydrogens (primary N) is 1. The highest BCUT2D eigenvalue weighted by Gasteiger charge is 2.44. The monoisotopic (exact) mass is 282 g/mol. The first kappa shape index (κ1) is 12.6. The number of amides is 1. The molecule has 1 aromatic rings. The average molecular weight is 283 g/mol. The van der Waals surface area contributed by atoms with E-state index in [0.29, 0.717) is 22.2 Å². The zero-order valence-corrected chi connectivity index (χ0v) is 11.3. The number of rotatable bonds is 3. The molecule has 1 aromatic carbocycles. The predicted molar refractivity (Wildman–Crippen MR) is 71.5 cm³/mol. The smallest absolute Gasteiger partial charge is 0.244 e. The van der Waals surface area contributed by atoms with E-state index in [0.717, 1.165) is 12.8 Å². The molecule has 3 N–H and O–H groups in total. The number of fused-ring (bicyclic) bond motifs is 1. The molecule has 1 saturated carbocycles. The van der Waals surface area contributed by atoms with Gasteiger partial charge in [-0.05, 0) is 25.7 Å². The van der Waals surface area contributed by atoms with E-state index in [9.17, 15) is 4.79 Å². The van der Waals surface area contributed by atoms with E-state index in [4.69, 9.17) is 26.8 Å². The van der Waals surface area contributed by atoms with Gasteiger partial charge < -0.3 is 20.5 Å². The third-order valence-electron chi connectivity index (χ3n) is 3.63. The van der Waals surface area contributed by atoms with Crippen molar-refractivity contribution in [3.05, 3.63) is 17.2 Å². The van der Waals surface area contributed by atoms with Gasteiger partial charge in [0.05, 0.1) is 16.2 Å². The molecule has 5 nitrogen and oxygen atoms in total. The van der Waals surface area contributed by atoms with E-state index in [1.807, 2.05) is 0 Å². The minimum atomic E-state index is -0.861. The Hall–Kier alpha value is -1.46. The van der Waals surface area contributed by atoms with Crippen LogP contribution in [0.2, 0.25) is 5.02 Å². The molecule has 6 heteroatoms. The number of carbonyl (C=O) groups is 1. The van der Waals surface area contributed by atoms with E-state index in [1.54, 1.807) is 19.1 Å². The molecule has 1 unspecified atom stereocenters. The van der Waals surface area contributed by atoms with Gasteiger partial charge in [-0.3, -0.25) is 4.79 Å². The van der Waals surface area contributed by atoms with Crippen molar-refractivity contribution in [2.45, 2.75) is 25.3 Å². The molecule has 0 spiro atoms. The Morgan fingerprint density at radius 1 is 1.42 bits per heavy atom. The van der Waals surface area contributed by atoms with Crippen LogP contribution < -0.4 is 20.5 Å². The second kappa shape index (κ2) is 4.28. The van der Waals surface area contributed by atoms with Gasteiger partial charge >= 0.3 is 0 Å². The van der Waals surface area contributed by atoms with Crippen LogP contribution in [0.15, 0.2) is 12.1 Å². The summed E-state index contributed by atoms with van der Waals surface area (Å²) in [5.74, 6) is 1.18. The summed E-state index contributed by atoms with van der Waals surface area (Å²) in [6.07, 6.45) is 1.99. The summed E-state index contributed by atoms with van der Waals surface area (Å²) in [5.41, 5.74) is 5.70. The van der Waals surface area contributed by atoms with Gasteiger partial charge in [0.25, 0.3) is 0 Å². The number of halogens is 1. The van der Waals surface area contributed by atoms with E-state index in [2.05, 4.69) is 5.32 Å². The van der Waals surface area contributed by atoms with Crippen LogP contribution in [0.5, 0.6) is 11.5 Å². The van der Waals surface area contributed by atoms with Crippen molar-refractivity contribution >= 4 is 23.2 Å². The van der Waals surface area contributed by atoms with Crippen molar-refractivity contribution in [3.8, 4) is 11.5 Å². The van der Waals surface area contributed by atoms with Gasteiger partial charge in [-0.15, -0.1) is 0 Å². The Balaban J connectivity index is 1.81. The molecule has 0 bridgehead atoms. The summed E-state index contributed by atoms with van der Waals surface area (Å²) in [7, 11) is 0. The molecular weight excluding hydrogens is 268 g/mol. The minimum absolute atomic E-state index is 0.166. The summed E-state index contributed by atoms with van der Waals surface area (Å²) in [6, 6.07) is 3.29. The van der Waals surface area contributed by atoms with Crippen molar-refractivity contribution in [2.24, 2.45) is 11.7 Å². The van der Waals surface area contributed by atoms with Gasteiger partial charge in [0.2, 0.25) is 12.7 Å². The third kappa shape index (κ3) is 2.24. The lowest BCUT2D eigenvalue weighted by molar-refractivity contribution is -0.121. The molecule has 0 saturated heterocycles. The van der Waals surface area contributed by atoms with E-state index in [1.165, 1.54) is 0 Å². The number of anilines is 1. The predicted octanol–water partition coefficient (Wildman–Crippen LogP) is 2.13. The van der Waals surface area contributed by atoms with Crippen molar-refractivity contribution in [1.82, 2.24) is 0 Å². The molecule has 3 rings (SSSR count). The Kier molecular flexibility index (Phi) is 2.83. The lowest BCUT2D eigenvalue weighted by Crippen LogP contribution is -2.50. The fraction of sp³-hybridized carbons (Fsp3) is 0.462. The van der Waals surface area contributed by atoms with E-state index >= 15 is 0 Å². The number of benzene rings is 1. The Labute approximate surface area is 116 Å². The van der Waals surface area contributed by atoms with Crippen molar-refractivity contribution in [2.75, 3.05) is 12.1 Å². The van der Waals surface area contributed by atoms with Gasteiger partial charge in [0.1, 0.15) is 0 Å². The molecule has 1 amide bonds. The molecule has 1 heterocycles. The molecule has 19 heavy (non-hydrogen) atoms. The number of ether oxygens (including phenoxy) is 2. The number of hydrogen-bond acceptors (Lipinski definition) is 4. The largest absolute Gasteiger partial charge is 0.454 e. The highest BCUT2D eigenvalue weighted by Crippen LogP contribution is 2.41. The zero-order chi connectivity index (χ0) is 13.6. The molecule has 102 valence electrons. The first-order valence-corrected chi connectivity index (χ1v) is 6.56. The highest BCUT2D eigenvalue weighted by molar-refractivity contribution is 6.34. The molecular formula is C13H15ClN2O3. The maximum atomic E-state index is 12.2. The molecule has 1 aliphatic carbocycles. The van der Waals surface area contributed by atoms with Crippen molar-refractivity contribution in [3.63, 3.8) is 0 Å². The topological polar surface area (TPSA) is 73.6 Å². The second-order valence-corrected chi connectivity index (χ2v) is 5.60. The molecule has 1 atom stereocenters. The van der Waals surface area contributed by atoms with Crippen LogP contribution in [0.25, 0.3) is 0 Å². The van der Waals surface area contributed by atoms with Crippen molar-refractivity contribution < 1.29 is 14.3 Å². The standard InChI is InChI=1S/C13H15ClN2O3/c1-13(15,7-2-3-7)12(17)16-9-5-11-10(4-8(9)14)18-6-19-11/h4-5,7H,2-3,6,15H2,1H3,(H,16,17). The SMILES string of the molecule is CC(N)(C(=O)Nc1cc2c(cc1Cl)OCO2)C1CC1. The fourth-order valence-corrected chi connectivity index (χ4v) is 2.34. The normalized spacial score (nSPS) is 19.9. The number of nitrogens with one attached hydrogen (secondary N) is 1. The summed E-state index contributed by atoms with van der Waals surface area (Å²) in [4.78, 5) is 12.2. The highest BCUT2D eigenvalue weighted by atomic mass is 35.5. The average Bonchev–Trinajstić information content (AvgIpc) is 3.12. The lowest BCUT2D eigenvalue weighted by atomic mass is 9.96. The maximum absolute atomic E-state index is 12.2. The summed E-state index contributed by atoms with van der Waals surface area (Å²) in [6.45, 7) is 1.92. The Morgan fingerprint density at radius 2 is 2.05 bits per heavy atom. The quantitative estimate of drug-likeness (QED) is 0.891. The molecule has 0 radical (unpaired) electrons. The van der Waals surface area contributed by atoms with Gasteiger partial charge in [-0.25, -0.2) is 0 Å². The fourth-order valence-electron chi connectivity index (χ4n) is 2.14. The van der Waals surface area contributed by atoms with Crippen LogP contribution >= 0.6 is 11.6 Å². The Morgan fingerprint density at radius 3 is 2.68 bits per heavy atom. The first-order chi connectivity index (χ1) is 8.98. The second-order valence-electron chi connectivity index (χ2n) is 5.20. The number of hydrogen-bond donors (Lipinski definition) is 2. The van der Waals surface area contributed by atoms with Crippen LogP contribution in [-0.2, 0) is 4.79 Å². The van der Waals surface area contributed by atoms with E-state index in [-0.39, 0.29) is 18.6 Å². The third-order valence-corrected chi connectivity index (χ3v) is 3.94. The molecule has 0 aromatic heterocycles. The van der Waals surface area contributed by atoms with Crippen LogP contribution in [0, 0.1) is 5.92 Å². The van der Waals surface area contributed by atoms with E-state index < -0.39 is 5.54 Å². The van der Waals surface area contributed by atoms with Crippen LogP contribution in [0.4, 0.5) is 5.69 Å². The molecule has 1 aliphatic heterocycles. The van der Waals surface area contributed by atoms with Gasteiger partial charge in [0.15, 0.2) is 11.5 Å². The van der Waals surface area contributed by atoms with Gasteiger partial charge in [-0.1, -0.05) is 11.6 Å². The summed E-state index contributed by atoms with van der Waals surface area (Å²) in [5, 5.41) is 3.18. The molecule has 1 fully saturated rings. The summed E-state index contributed by atoms with van der Waals surface area (Å²) < 4.78 is 10.5. The Bertz CT molecular complexity index is 541. The van der Waals surface area contributed by atoms with Crippen LogP contribution in [0.1, 0.15) is 19.8 Å². The lowest BCUT2D eigenvalue weighted by Gasteiger charge is -2.23. The summed E-state index contributed by atoms with van der Waals surface area (Å²) >= 11 is 6.11. The molecule has 2 aliphatic rings. The minimum Gasteiger partial charge on any atom is -0.454 e. The zero-order valence-electron chi connectivity index (χ0n) is 10.5. The maximum Gasteiger partial charge on any atom is 0.244 e. The van der Waals surface area contributed by atoms with Gasteiger partial charge in [-0.2, -0.15) is 0 Å². The first-order valence-electron chi connectivity index (χ1n) is 6.18. The van der Waals surface area contributed by atoms with Crippen LogP contribution in [0.3, 0.4) is 0 Å². The van der Waals surface area contributed by atoms with Crippen molar-refractivity contribution in [1.29, 1.82) is 0 Å². The van der Waals surface area contributed by atoms with Crippen LogP contribution in [-0.4, -0.2) is 18.2 Å². The number of carbonyl (C=O) groups excluding carboxylic acids is 1. The van der Waals surface area contributed by atoms with Gasteiger partial charge in [0, 0.05) is 12.1 Å².